The highest BCUT2D eigenvalue weighted by Gasteiger charge is 2.20. The molecule has 1 aromatic rings. The van der Waals surface area contributed by atoms with E-state index in [2.05, 4.69) is 40.5 Å². The Kier molecular flexibility index (Phi) is 6.96. The van der Waals surface area contributed by atoms with Crippen LogP contribution in [-0.2, 0) is 11.2 Å². The van der Waals surface area contributed by atoms with Crippen molar-refractivity contribution in [1.29, 1.82) is 0 Å². The number of likely N-dealkylation sites (tertiary alicyclic amines) is 1. The minimum Gasteiger partial charge on any atom is -0.385 e. The van der Waals surface area contributed by atoms with Gasteiger partial charge in [0.2, 0.25) is 0 Å². The average molecular weight is 306 g/mol. The molecule has 0 radical (unpaired) electrons. The van der Waals surface area contributed by atoms with Gasteiger partial charge in [-0.05, 0) is 49.4 Å². The maximum Gasteiger partial charge on any atom is 0.168 e. The Morgan fingerprint density at radius 3 is 2.67 bits per heavy atom. The maximum absolute atomic E-state index is 5.47. The highest BCUT2D eigenvalue weighted by molar-refractivity contribution is 7.80. The Hall–Kier alpha value is -1.13. The van der Waals surface area contributed by atoms with Gasteiger partial charge in [0.05, 0.1) is 0 Å². The third kappa shape index (κ3) is 5.64. The number of rotatable bonds is 6. The van der Waals surface area contributed by atoms with Crippen LogP contribution in [0.4, 0.5) is 0 Å². The van der Waals surface area contributed by atoms with Gasteiger partial charge in [-0.25, -0.2) is 0 Å². The zero-order valence-corrected chi connectivity index (χ0v) is 13.7. The Morgan fingerprint density at radius 2 is 2.00 bits per heavy atom. The first-order chi connectivity index (χ1) is 10.3. The lowest BCUT2D eigenvalue weighted by Crippen LogP contribution is -2.44. The van der Waals surface area contributed by atoms with Gasteiger partial charge in [-0.2, -0.15) is 0 Å². The van der Waals surface area contributed by atoms with Crippen LogP contribution in [0.25, 0.3) is 0 Å². The number of nitrogens with zero attached hydrogens (tertiary/aromatic N) is 1. The van der Waals surface area contributed by atoms with Crippen molar-refractivity contribution >= 4 is 17.3 Å². The second kappa shape index (κ2) is 9.00. The molecule has 1 fully saturated rings. The average Bonchev–Trinajstić information content (AvgIpc) is 2.53. The summed E-state index contributed by atoms with van der Waals surface area (Å²) >= 11 is 5.47. The van der Waals surface area contributed by atoms with Crippen LogP contribution in [0.1, 0.15) is 24.8 Å². The van der Waals surface area contributed by atoms with Gasteiger partial charge in [0, 0.05) is 33.4 Å². The molecule has 0 unspecified atom stereocenters. The van der Waals surface area contributed by atoms with Crippen LogP contribution in [0, 0.1) is 5.92 Å². The van der Waals surface area contributed by atoms with E-state index >= 15 is 0 Å². The number of hydrogen-bond donors (Lipinski definition) is 1. The quantitative estimate of drug-likeness (QED) is 0.645. The van der Waals surface area contributed by atoms with Crippen molar-refractivity contribution in [3.63, 3.8) is 0 Å². The summed E-state index contributed by atoms with van der Waals surface area (Å²) in [6.07, 6.45) is 4.66. The summed E-state index contributed by atoms with van der Waals surface area (Å²) in [4.78, 5) is 2.31. The van der Waals surface area contributed by atoms with E-state index in [9.17, 15) is 0 Å². The maximum atomic E-state index is 5.47. The summed E-state index contributed by atoms with van der Waals surface area (Å²) in [5, 5.41) is 4.24. The molecule has 0 aromatic heterocycles. The highest BCUT2D eigenvalue weighted by atomic mass is 32.1. The van der Waals surface area contributed by atoms with E-state index in [1.165, 1.54) is 24.8 Å². The number of thiocarbonyl (C=S) groups is 1. The predicted molar refractivity (Wildman–Crippen MR) is 91.5 cm³/mol. The minimum absolute atomic E-state index is 0.786. The van der Waals surface area contributed by atoms with Gasteiger partial charge in [0.15, 0.2) is 5.11 Å². The van der Waals surface area contributed by atoms with Crippen molar-refractivity contribution in [3.8, 4) is 0 Å². The number of nitrogens with one attached hydrogen (secondary N) is 1. The van der Waals surface area contributed by atoms with Crippen molar-refractivity contribution in [3.05, 3.63) is 35.9 Å². The molecule has 0 amide bonds. The summed E-state index contributed by atoms with van der Waals surface area (Å²) < 4.78 is 5.04. The van der Waals surface area contributed by atoms with Crippen molar-refractivity contribution < 1.29 is 4.74 Å². The van der Waals surface area contributed by atoms with Gasteiger partial charge in [-0.3, -0.25) is 0 Å². The van der Waals surface area contributed by atoms with Crippen LogP contribution in [0.3, 0.4) is 0 Å². The molecule has 0 atom stereocenters. The molecule has 1 saturated heterocycles. The third-order valence-corrected chi connectivity index (χ3v) is 4.47. The van der Waals surface area contributed by atoms with Crippen LogP contribution >= 0.6 is 12.2 Å². The molecule has 0 bridgehead atoms. The standard InChI is InChI=1S/C17H26N2OS/c1-20-13-5-10-18-17(21)19-11-8-16(9-12-19)14-15-6-3-2-4-7-15/h2-4,6-7,16H,5,8-14H2,1H3,(H,18,21). The molecule has 116 valence electrons. The lowest BCUT2D eigenvalue weighted by atomic mass is 9.90. The number of ether oxygens (including phenoxy) is 1. The lowest BCUT2D eigenvalue weighted by molar-refractivity contribution is 0.195. The molecule has 1 aliphatic heterocycles. The first kappa shape index (κ1) is 16.2. The van der Waals surface area contributed by atoms with E-state index in [1.54, 1.807) is 7.11 Å². The fourth-order valence-electron chi connectivity index (χ4n) is 2.81. The largest absolute Gasteiger partial charge is 0.385 e. The van der Waals surface area contributed by atoms with Gasteiger partial charge in [-0.15, -0.1) is 0 Å². The third-order valence-electron chi connectivity index (χ3n) is 4.07. The molecule has 2 rings (SSSR count). The first-order valence-electron chi connectivity index (χ1n) is 7.85. The zero-order valence-electron chi connectivity index (χ0n) is 12.9. The van der Waals surface area contributed by atoms with Gasteiger partial charge < -0.3 is 15.0 Å². The molecule has 4 heteroatoms. The molecule has 1 heterocycles. The molecule has 21 heavy (non-hydrogen) atoms. The van der Waals surface area contributed by atoms with E-state index in [4.69, 9.17) is 17.0 Å². The van der Waals surface area contributed by atoms with E-state index < -0.39 is 0 Å². The lowest BCUT2D eigenvalue weighted by Gasteiger charge is -2.34. The molecule has 1 N–H and O–H groups in total. The van der Waals surface area contributed by atoms with Gasteiger partial charge in [0.25, 0.3) is 0 Å². The summed E-state index contributed by atoms with van der Waals surface area (Å²) in [6, 6.07) is 10.8. The number of piperidine rings is 1. The summed E-state index contributed by atoms with van der Waals surface area (Å²) in [5.41, 5.74) is 1.45. The fraction of sp³-hybridized carbons (Fsp3) is 0.588. The molecular weight excluding hydrogens is 280 g/mol. The summed E-state index contributed by atoms with van der Waals surface area (Å²) in [5.74, 6) is 0.792. The Balaban J connectivity index is 1.67. The Labute approximate surface area is 133 Å². The van der Waals surface area contributed by atoms with Gasteiger partial charge in [-0.1, -0.05) is 30.3 Å². The number of benzene rings is 1. The molecule has 3 nitrogen and oxygen atoms in total. The van der Waals surface area contributed by atoms with Crippen LogP contribution in [0.2, 0.25) is 0 Å². The van der Waals surface area contributed by atoms with Crippen molar-refractivity contribution in [1.82, 2.24) is 10.2 Å². The predicted octanol–water partition coefficient (Wildman–Crippen LogP) is 2.85. The number of hydrogen-bond acceptors (Lipinski definition) is 2. The van der Waals surface area contributed by atoms with E-state index in [0.29, 0.717) is 0 Å². The minimum atomic E-state index is 0.786. The molecule has 0 spiro atoms. The van der Waals surface area contributed by atoms with Crippen LogP contribution < -0.4 is 5.32 Å². The van der Waals surface area contributed by atoms with Crippen LogP contribution in [0.15, 0.2) is 30.3 Å². The number of methoxy groups -OCH3 is 1. The highest BCUT2D eigenvalue weighted by Crippen LogP contribution is 2.21. The molecule has 1 aromatic carbocycles. The monoisotopic (exact) mass is 306 g/mol. The second-order valence-electron chi connectivity index (χ2n) is 5.70. The van der Waals surface area contributed by atoms with Crippen LogP contribution in [-0.4, -0.2) is 43.4 Å². The molecule has 1 aliphatic rings. The first-order valence-corrected chi connectivity index (χ1v) is 8.26. The molecule has 0 saturated carbocycles. The summed E-state index contributed by atoms with van der Waals surface area (Å²) in [7, 11) is 1.73. The van der Waals surface area contributed by atoms with Gasteiger partial charge >= 0.3 is 0 Å². The molecule has 0 aliphatic carbocycles. The van der Waals surface area contributed by atoms with Crippen molar-refractivity contribution in [2.45, 2.75) is 25.7 Å². The van der Waals surface area contributed by atoms with E-state index in [-0.39, 0.29) is 0 Å². The van der Waals surface area contributed by atoms with Gasteiger partial charge in [0.1, 0.15) is 0 Å². The van der Waals surface area contributed by atoms with Crippen LogP contribution in [0.5, 0.6) is 0 Å². The molecular formula is C17H26N2OS. The Bertz CT molecular complexity index is 416. The van der Waals surface area contributed by atoms with Crippen molar-refractivity contribution in [2.75, 3.05) is 33.4 Å². The summed E-state index contributed by atoms with van der Waals surface area (Å²) in [6.45, 7) is 3.84. The van der Waals surface area contributed by atoms with E-state index in [1.807, 2.05) is 0 Å². The normalized spacial score (nSPS) is 16.0. The second-order valence-corrected chi connectivity index (χ2v) is 6.09. The smallest absolute Gasteiger partial charge is 0.168 e. The van der Waals surface area contributed by atoms with Crippen molar-refractivity contribution in [2.24, 2.45) is 5.92 Å². The van der Waals surface area contributed by atoms with E-state index in [0.717, 1.165) is 43.7 Å². The Morgan fingerprint density at radius 1 is 1.29 bits per heavy atom. The topological polar surface area (TPSA) is 24.5 Å². The zero-order chi connectivity index (χ0) is 14.9. The SMILES string of the molecule is COCCCNC(=S)N1CCC(Cc2ccccc2)CC1. The fourth-order valence-corrected chi connectivity index (χ4v) is 3.10.